The highest BCUT2D eigenvalue weighted by Gasteiger charge is 2.14. The van der Waals surface area contributed by atoms with Gasteiger partial charge in [0.2, 0.25) is 0 Å². The Balaban J connectivity index is 1.84. The maximum atomic E-state index is 4.65. The SMILES string of the molecule is Sc1nc(-c2ccccc2)[nH]c1-c1nc2ccccc2s1. The highest BCUT2D eigenvalue weighted by molar-refractivity contribution is 7.80. The van der Waals surface area contributed by atoms with Crippen molar-refractivity contribution in [2.75, 3.05) is 0 Å². The maximum Gasteiger partial charge on any atom is 0.143 e. The molecule has 5 heteroatoms. The molecule has 0 amide bonds. The van der Waals surface area contributed by atoms with Crippen LogP contribution in [0.2, 0.25) is 0 Å². The third-order valence-electron chi connectivity index (χ3n) is 3.24. The van der Waals surface area contributed by atoms with E-state index < -0.39 is 0 Å². The van der Waals surface area contributed by atoms with Gasteiger partial charge in [-0.1, -0.05) is 42.5 Å². The third kappa shape index (κ3) is 2.24. The van der Waals surface area contributed by atoms with Crippen LogP contribution in [-0.2, 0) is 0 Å². The van der Waals surface area contributed by atoms with Crippen molar-refractivity contribution >= 4 is 34.2 Å². The topological polar surface area (TPSA) is 41.6 Å². The van der Waals surface area contributed by atoms with Gasteiger partial charge in [0.15, 0.2) is 0 Å². The van der Waals surface area contributed by atoms with E-state index in [0.717, 1.165) is 32.3 Å². The molecule has 2 heterocycles. The molecule has 0 spiro atoms. The van der Waals surface area contributed by atoms with Gasteiger partial charge in [-0.05, 0) is 12.1 Å². The Morgan fingerprint density at radius 3 is 2.48 bits per heavy atom. The number of nitrogens with one attached hydrogen (secondary N) is 1. The van der Waals surface area contributed by atoms with Crippen molar-refractivity contribution in [3.63, 3.8) is 0 Å². The molecule has 0 bridgehead atoms. The Morgan fingerprint density at radius 2 is 1.67 bits per heavy atom. The van der Waals surface area contributed by atoms with Crippen LogP contribution in [0.25, 0.3) is 32.3 Å². The van der Waals surface area contributed by atoms with Crippen molar-refractivity contribution in [1.82, 2.24) is 15.0 Å². The number of fused-ring (bicyclic) bond motifs is 1. The molecule has 3 nitrogen and oxygen atoms in total. The summed E-state index contributed by atoms with van der Waals surface area (Å²) in [6, 6.07) is 18.1. The average Bonchev–Trinajstić information content (AvgIpc) is 3.11. The number of H-pyrrole nitrogens is 1. The maximum absolute atomic E-state index is 4.65. The number of nitrogens with zero attached hydrogens (tertiary/aromatic N) is 2. The molecule has 0 saturated carbocycles. The fourth-order valence-electron chi connectivity index (χ4n) is 2.23. The summed E-state index contributed by atoms with van der Waals surface area (Å²) >= 11 is 6.13. The van der Waals surface area contributed by atoms with Gasteiger partial charge >= 0.3 is 0 Å². The average molecular weight is 309 g/mol. The normalized spacial score (nSPS) is 11.1. The Morgan fingerprint density at radius 1 is 0.905 bits per heavy atom. The summed E-state index contributed by atoms with van der Waals surface area (Å²) in [6.45, 7) is 0. The lowest BCUT2D eigenvalue weighted by Crippen LogP contribution is -1.79. The van der Waals surface area contributed by atoms with Crippen LogP contribution in [0, 0.1) is 0 Å². The van der Waals surface area contributed by atoms with E-state index in [4.69, 9.17) is 0 Å². The van der Waals surface area contributed by atoms with Gasteiger partial charge in [0.1, 0.15) is 21.6 Å². The van der Waals surface area contributed by atoms with Gasteiger partial charge in [0, 0.05) is 5.56 Å². The second-order valence-corrected chi connectivity index (χ2v) is 6.09. The number of rotatable bonds is 2. The fraction of sp³-hybridized carbons (Fsp3) is 0. The molecule has 21 heavy (non-hydrogen) atoms. The van der Waals surface area contributed by atoms with Gasteiger partial charge in [-0.3, -0.25) is 0 Å². The lowest BCUT2D eigenvalue weighted by Gasteiger charge is -1.94. The summed E-state index contributed by atoms with van der Waals surface area (Å²) in [5.74, 6) is 0.815. The molecule has 102 valence electrons. The summed E-state index contributed by atoms with van der Waals surface area (Å²) in [5, 5.41) is 1.59. The second kappa shape index (κ2) is 5.02. The number of imidazole rings is 1. The molecular formula is C16H11N3S2. The number of benzene rings is 2. The predicted molar refractivity (Wildman–Crippen MR) is 89.9 cm³/mol. The summed E-state index contributed by atoms with van der Waals surface area (Å²) < 4.78 is 1.16. The van der Waals surface area contributed by atoms with Gasteiger partial charge < -0.3 is 4.98 Å². The van der Waals surface area contributed by atoms with Crippen molar-refractivity contribution in [3.05, 3.63) is 54.6 Å². The summed E-state index contributed by atoms with van der Waals surface area (Å²) in [5.41, 5.74) is 2.92. The zero-order valence-electron chi connectivity index (χ0n) is 10.9. The van der Waals surface area contributed by atoms with Crippen LogP contribution >= 0.6 is 24.0 Å². The summed E-state index contributed by atoms with van der Waals surface area (Å²) in [7, 11) is 0. The van der Waals surface area contributed by atoms with Crippen LogP contribution in [-0.4, -0.2) is 15.0 Å². The molecule has 1 N–H and O–H groups in total. The van der Waals surface area contributed by atoms with Gasteiger partial charge in [-0.15, -0.1) is 24.0 Å². The molecule has 0 atom stereocenters. The molecule has 0 fully saturated rings. The summed E-state index contributed by atoms with van der Waals surface area (Å²) in [6.07, 6.45) is 0. The zero-order valence-corrected chi connectivity index (χ0v) is 12.7. The molecule has 2 aromatic heterocycles. The van der Waals surface area contributed by atoms with E-state index in [1.165, 1.54) is 0 Å². The second-order valence-electron chi connectivity index (χ2n) is 4.64. The van der Waals surface area contributed by atoms with E-state index in [-0.39, 0.29) is 0 Å². The molecule has 0 saturated heterocycles. The minimum absolute atomic E-state index is 0.674. The summed E-state index contributed by atoms with van der Waals surface area (Å²) in [4.78, 5) is 12.5. The molecule has 0 aliphatic rings. The van der Waals surface area contributed by atoms with Crippen molar-refractivity contribution < 1.29 is 0 Å². The molecule has 4 rings (SSSR count). The van der Waals surface area contributed by atoms with Crippen LogP contribution in [0.3, 0.4) is 0 Å². The molecule has 0 radical (unpaired) electrons. The number of hydrogen-bond donors (Lipinski definition) is 2. The molecular weight excluding hydrogens is 298 g/mol. The molecule has 0 aliphatic heterocycles. The van der Waals surface area contributed by atoms with Crippen molar-refractivity contribution in [2.24, 2.45) is 0 Å². The Hall–Kier alpha value is -2.11. The van der Waals surface area contributed by atoms with E-state index in [2.05, 4.69) is 33.6 Å². The molecule has 4 aromatic rings. The van der Waals surface area contributed by atoms with E-state index in [1.807, 2.05) is 48.5 Å². The van der Waals surface area contributed by atoms with Crippen LogP contribution in [0.5, 0.6) is 0 Å². The van der Waals surface area contributed by atoms with Gasteiger partial charge in [-0.2, -0.15) is 0 Å². The Kier molecular flexibility index (Phi) is 3.02. The van der Waals surface area contributed by atoms with Crippen LogP contribution in [0.4, 0.5) is 0 Å². The smallest absolute Gasteiger partial charge is 0.143 e. The lowest BCUT2D eigenvalue weighted by atomic mass is 10.2. The number of aromatic amines is 1. The van der Waals surface area contributed by atoms with Crippen LogP contribution in [0.1, 0.15) is 0 Å². The highest BCUT2D eigenvalue weighted by atomic mass is 32.1. The number of thiol groups is 1. The largest absolute Gasteiger partial charge is 0.335 e. The van der Waals surface area contributed by atoms with E-state index in [9.17, 15) is 0 Å². The number of thiazole rings is 1. The van der Waals surface area contributed by atoms with Crippen molar-refractivity contribution in [2.45, 2.75) is 5.03 Å². The monoisotopic (exact) mass is 309 g/mol. The lowest BCUT2D eigenvalue weighted by molar-refractivity contribution is 1.21. The van der Waals surface area contributed by atoms with E-state index >= 15 is 0 Å². The first-order valence-electron chi connectivity index (χ1n) is 6.51. The minimum Gasteiger partial charge on any atom is -0.335 e. The quantitative estimate of drug-likeness (QED) is 0.530. The minimum atomic E-state index is 0.674. The van der Waals surface area contributed by atoms with Gasteiger partial charge in [0.25, 0.3) is 0 Å². The molecule has 2 aromatic carbocycles. The van der Waals surface area contributed by atoms with Crippen molar-refractivity contribution in [1.29, 1.82) is 0 Å². The number of aromatic nitrogens is 3. The van der Waals surface area contributed by atoms with Crippen LogP contribution in [0.15, 0.2) is 59.6 Å². The first-order valence-corrected chi connectivity index (χ1v) is 7.78. The predicted octanol–water partition coefficient (Wildman–Crippen LogP) is 4.64. The first-order chi connectivity index (χ1) is 10.3. The number of para-hydroxylation sites is 1. The first kappa shape index (κ1) is 12.6. The van der Waals surface area contributed by atoms with Gasteiger partial charge in [-0.25, -0.2) is 9.97 Å². The van der Waals surface area contributed by atoms with Gasteiger partial charge in [0.05, 0.1) is 10.2 Å². The highest BCUT2D eigenvalue weighted by Crippen LogP contribution is 2.33. The standard InChI is InChI=1S/C16H11N3S2/c20-15-13(16-17-11-8-4-5-9-12(11)21-16)18-14(19-15)10-6-2-1-3-7-10/h1-9,20H,(H,18,19). The van der Waals surface area contributed by atoms with Crippen molar-refractivity contribution in [3.8, 4) is 22.1 Å². The fourth-order valence-corrected chi connectivity index (χ4v) is 3.53. The molecule has 0 aliphatic carbocycles. The molecule has 0 unspecified atom stereocenters. The van der Waals surface area contributed by atoms with Crippen LogP contribution < -0.4 is 0 Å². The van der Waals surface area contributed by atoms with E-state index in [1.54, 1.807) is 11.3 Å². The Bertz CT molecular complexity index is 877. The third-order valence-corrected chi connectivity index (χ3v) is 4.62. The van der Waals surface area contributed by atoms with E-state index in [0.29, 0.717) is 5.03 Å². The number of hydrogen-bond acceptors (Lipinski definition) is 4. The Labute approximate surface area is 131 Å². The zero-order chi connectivity index (χ0) is 14.2.